The quantitative estimate of drug-likeness (QED) is 0.518. The maximum atomic E-state index is 13.4. The highest BCUT2D eigenvalue weighted by Gasteiger charge is 2.40. The van der Waals surface area contributed by atoms with E-state index in [0.29, 0.717) is 13.2 Å². The van der Waals surface area contributed by atoms with Gasteiger partial charge in [-0.25, -0.2) is 14.8 Å². The Bertz CT molecular complexity index is 986. The van der Waals surface area contributed by atoms with Crippen molar-refractivity contribution >= 4 is 29.3 Å². The molecule has 34 heavy (non-hydrogen) atoms. The van der Waals surface area contributed by atoms with Gasteiger partial charge in [-0.15, -0.1) is 11.3 Å². The van der Waals surface area contributed by atoms with Gasteiger partial charge in [0.05, 0.1) is 13.2 Å². The maximum absolute atomic E-state index is 13.4. The lowest BCUT2D eigenvalue weighted by molar-refractivity contribution is -0.149. The van der Waals surface area contributed by atoms with Gasteiger partial charge in [-0.1, -0.05) is 0 Å². The number of nitrogens with one attached hydrogen (secondary N) is 1. The third-order valence-corrected chi connectivity index (χ3v) is 7.69. The fourth-order valence-electron chi connectivity index (χ4n) is 4.35. The minimum absolute atomic E-state index is 0.0501. The fraction of sp³-hybridized carbons (Fsp3) is 0.583. The van der Waals surface area contributed by atoms with Gasteiger partial charge in [0.2, 0.25) is 5.95 Å². The molecular formula is C24H33N5O4S. The lowest BCUT2D eigenvalue weighted by atomic mass is 10.0. The third-order valence-electron chi connectivity index (χ3n) is 6.33. The van der Waals surface area contributed by atoms with Crippen LogP contribution in [0.4, 0.5) is 10.7 Å². The first kappa shape index (κ1) is 24.4. The minimum atomic E-state index is -0.434. The molecule has 1 saturated carbocycles. The molecule has 0 bridgehead atoms. The Morgan fingerprint density at radius 2 is 2.06 bits per heavy atom. The number of nitrogens with two attached hydrogens (primary N) is 1. The van der Waals surface area contributed by atoms with Gasteiger partial charge >= 0.3 is 6.09 Å². The number of nitrogens with zero attached hydrogens (tertiary/aromatic N) is 3. The number of nitrogen functional groups attached to an aromatic ring is 1. The number of amides is 2. The standard InChI is InChI=1S/C24H33N5O4S/c1-15(29(17-8-9-17)22(30)19-6-3-4-11-33-19)21-12-18(16-13-27-23(25)28-14-16)20(34-21)7-5-10-26-24(31)32-2/h12-15,17,19H,3-11H2,1-2H3,(H,26,31)(H2,25,27,28)/t15-,19+/m0/s1. The van der Waals surface area contributed by atoms with Crippen molar-refractivity contribution in [3.63, 3.8) is 0 Å². The summed E-state index contributed by atoms with van der Waals surface area (Å²) in [5.74, 6) is 0.346. The third kappa shape index (κ3) is 5.85. The molecule has 2 aromatic heterocycles. The van der Waals surface area contributed by atoms with Gasteiger partial charge in [-0.2, -0.15) is 0 Å². The van der Waals surface area contributed by atoms with E-state index in [4.69, 9.17) is 10.5 Å². The van der Waals surface area contributed by atoms with Gasteiger partial charge in [0.1, 0.15) is 6.10 Å². The normalized spacial score (nSPS) is 18.8. The van der Waals surface area contributed by atoms with Crippen LogP contribution in [0.25, 0.3) is 11.1 Å². The molecular weight excluding hydrogens is 454 g/mol. The zero-order valence-corrected chi connectivity index (χ0v) is 20.6. The SMILES string of the molecule is COC(=O)NCCCc1sc([C@H](C)N(C(=O)[C@H]2CCCCO2)C2CC2)cc1-c1cnc(N)nc1. The summed E-state index contributed by atoms with van der Waals surface area (Å²) in [4.78, 5) is 37.4. The van der Waals surface area contributed by atoms with Crippen molar-refractivity contribution in [2.24, 2.45) is 0 Å². The Morgan fingerprint density at radius 1 is 1.29 bits per heavy atom. The molecule has 1 aliphatic heterocycles. The van der Waals surface area contributed by atoms with E-state index >= 15 is 0 Å². The topological polar surface area (TPSA) is 120 Å². The van der Waals surface area contributed by atoms with Crippen molar-refractivity contribution in [3.05, 3.63) is 28.2 Å². The molecule has 2 aromatic rings. The molecule has 10 heteroatoms. The predicted octanol–water partition coefficient (Wildman–Crippen LogP) is 3.70. The summed E-state index contributed by atoms with van der Waals surface area (Å²) in [7, 11) is 1.35. The first-order valence-corrected chi connectivity index (χ1v) is 12.8. The number of hydrogen-bond acceptors (Lipinski definition) is 8. The predicted molar refractivity (Wildman–Crippen MR) is 130 cm³/mol. The largest absolute Gasteiger partial charge is 0.453 e. The molecule has 0 aromatic carbocycles. The average molecular weight is 488 g/mol. The molecule has 0 spiro atoms. The zero-order chi connectivity index (χ0) is 24.1. The molecule has 184 valence electrons. The second kappa shape index (κ2) is 11.1. The molecule has 9 nitrogen and oxygen atoms in total. The van der Waals surface area contributed by atoms with Crippen molar-refractivity contribution < 1.29 is 19.1 Å². The van der Waals surface area contributed by atoms with E-state index < -0.39 is 6.09 Å². The molecule has 2 fully saturated rings. The van der Waals surface area contributed by atoms with Crippen LogP contribution in [0.15, 0.2) is 18.5 Å². The van der Waals surface area contributed by atoms with Crippen LogP contribution in [0.5, 0.6) is 0 Å². The monoisotopic (exact) mass is 487 g/mol. The smallest absolute Gasteiger partial charge is 0.406 e. The van der Waals surface area contributed by atoms with Crippen molar-refractivity contribution in [1.82, 2.24) is 20.2 Å². The van der Waals surface area contributed by atoms with Gasteiger partial charge in [0.25, 0.3) is 5.91 Å². The number of alkyl carbamates (subject to hydrolysis) is 1. The Hall–Kier alpha value is -2.72. The fourth-order valence-corrected chi connectivity index (χ4v) is 5.63. The molecule has 1 aliphatic carbocycles. The first-order chi connectivity index (χ1) is 16.5. The summed E-state index contributed by atoms with van der Waals surface area (Å²) in [5.41, 5.74) is 7.62. The number of anilines is 1. The van der Waals surface area contributed by atoms with E-state index in [9.17, 15) is 9.59 Å². The van der Waals surface area contributed by atoms with Crippen LogP contribution in [0.2, 0.25) is 0 Å². The molecule has 2 amide bonds. The number of aromatic nitrogens is 2. The minimum Gasteiger partial charge on any atom is -0.453 e. The Balaban J connectivity index is 1.56. The van der Waals surface area contributed by atoms with Crippen molar-refractivity contribution in [3.8, 4) is 11.1 Å². The summed E-state index contributed by atoms with van der Waals surface area (Å²) in [6.45, 7) is 3.28. The number of thiophene rings is 1. The summed E-state index contributed by atoms with van der Waals surface area (Å²) >= 11 is 1.70. The van der Waals surface area contributed by atoms with Crippen molar-refractivity contribution in [2.45, 2.75) is 70.1 Å². The number of aryl methyl sites for hydroxylation is 1. The molecule has 0 unspecified atom stereocenters. The molecule has 3 N–H and O–H groups in total. The Labute approximate surface area is 204 Å². The molecule has 3 heterocycles. The average Bonchev–Trinajstić information content (AvgIpc) is 3.60. The highest BCUT2D eigenvalue weighted by atomic mass is 32.1. The maximum Gasteiger partial charge on any atom is 0.406 e. The number of carbonyl (C=O) groups is 2. The van der Waals surface area contributed by atoms with E-state index in [0.717, 1.165) is 60.9 Å². The summed E-state index contributed by atoms with van der Waals surface area (Å²) in [6, 6.07) is 2.38. The van der Waals surface area contributed by atoms with Gasteiger partial charge in [-0.3, -0.25) is 4.79 Å². The van der Waals surface area contributed by atoms with E-state index in [2.05, 4.69) is 33.0 Å². The summed E-state index contributed by atoms with van der Waals surface area (Å²) < 4.78 is 10.5. The van der Waals surface area contributed by atoms with Crippen molar-refractivity contribution in [1.29, 1.82) is 0 Å². The second-order valence-electron chi connectivity index (χ2n) is 8.85. The lowest BCUT2D eigenvalue weighted by Gasteiger charge is -2.33. The van der Waals surface area contributed by atoms with Crippen LogP contribution in [-0.4, -0.2) is 59.3 Å². The molecule has 1 saturated heterocycles. The molecule has 0 radical (unpaired) electrons. The van der Waals surface area contributed by atoms with E-state index in [1.54, 1.807) is 23.7 Å². The number of hydrogen-bond donors (Lipinski definition) is 2. The lowest BCUT2D eigenvalue weighted by Crippen LogP contribution is -2.44. The van der Waals surface area contributed by atoms with E-state index in [1.165, 1.54) is 12.0 Å². The van der Waals surface area contributed by atoms with Gasteiger partial charge in [-0.05, 0) is 63.5 Å². The molecule has 2 atom stereocenters. The van der Waals surface area contributed by atoms with Crippen LogP contribution in [0.1, 0.15) is 61.2 Å². The van der Waals surface area contributed by atoms with Gasteiger partial charge in [0, 0.05) is 46.9 Å². The van der Waals surface area contributed by atoms with E-state index in [-0.39, 0.29) is 30.0 Å². The van der Waals surface area contributed by atoms with Gasteiger partial charge < -0.3 is 25.4 Å². The highest BCUT2D eigenvalue weighted by Crippen LogP contribution is 2.41. The summed E-state index contributed by atoms with van der Waals surface area (Å²) in [5, 5.41) is 2.73. The van der Waals surface area contributed by atoms with Crippen LogP contribution >= 0.6 is 11.3 Å². The van der Waals surface area contributed by atoms with Crippen LogP contribution in [0, 0.1) is 0 Å². The number of carbonyl (C=O) groups excluding carboxylic acids is 2. The van der Waals surface area contributed by atoms with Gasteiger partial charge in [0.15, 0.2) is 0 Å². The highest BCUT2D eigenvalue weighted by molar-refractivity contribution is 7.12. The summed E-state index contributed by atoms with van der Waals surface area (Å²) in [6.07, 6.45) is 9.16. The number of methoxy groups -OCH3 is 1. The first-order valence-electron chi connectivity index (χ1n) is 11.9. The number of ether oxygens (including phenoxy) is 2. The molecule has 2 aliphatic rings. The van der Waals surface area contributed by atoms with Crippen LogP contribution in [0.3, 0.4) is 0 Å². The van der Waals surface area contributed by atoms with Crippen LogP contribution < -0.4 is 11.1 Å². The Kier molecular flexibility index (Phi) is 7.99. The molecule has 4 rings (SSSR count). The van der Waals surface area contributed by atoms with Crippen molar-refractivity contribution in [2.75, 3.05) is 26.0 Å². The Morgan fingerprint density at radius 3 is 2.71 bits per heavy atom. The van der Waals surface area contributed by atoms with E-state index in [1.807, 2.05) is 4.90 Å². The second-order valence-corrected chi connectivity index (χ2v) is 10.0. The number of rotatable bonds is 9. The van der Waals surface area contributed by atoms with Crippen LogP contribution in [-0.2, 0) is 20.7 Å². The zero-order valence-electron chi connectivity index (χ0n) is 19.8.